The van der Waals surface area contributed by atoms with Crippen molar-refractivity contribution in [1.29, 1.82) is 0 Å². The number of carbonyl (C=O) groups is 3. The van der Waals surface area contributed by atoms with Gasteiger partial charge in [-0.2, -0.15) is 0 Å². The Balaban J connectivity index is 3.32. The van der Waals surface area contributed by atoms with Gasteiger partial charge >= 0.3 is 18.2 Å². The van der Waals surface area contributed by atoms with Crippen molar-refractivity contribution in [3.8, 4) is 0 Å². The summed E-state index contributed by atoms with van der Waals surface area (Å²) in [6.45, 7) is 15.7. The first-order valence-corrected chi connectivity index (χ1v) is 10.8. The molecule has 0 radical (unpaired) electrons. The van der Waals surface area contributed by atoms with Crippen molar-refractivity contribution >= 4 is 18.2 Å². The zero-order chi connectivity index (χ0) is 24.5. The molecule has 2 amide bonds. The summed E-state index contributed by atoms with van der Waals surface area (Å²) in [4.78, 5) is 39.6. The molecule has 32 heavy (non-hydrogen) atoms. The van der Waals surface area contributed by atoms with Gasteiger partial charge in [-0.3, -0.25) is 4.79 Å². The highest BCUT2D eigenvalue weighted by molar-refractivity contribution is 5.88. The molecule has 0 aliphatic rings. The van der Waals surface area contributed by atoms with Crippen LogP contribution in [0.15, 0.2) is 43.0 Å². The Morgan fingerprint density at radius 1 is 0.969 bits per heavy atom. The maximum atomic E-state index is 13.1. The number of nitrogens with zero attached hydrogens (tertiary/aromatic N) is 1. The van der Waals surface area contributed by atoms with Crippen molar-refractivity contribution in [2.75, 3.05) is 6.61 Å². The van der Waals surface area contributed by atoms with E-state index in [-0.39, 0.29) is 13.0 Å². The number of imide groups is 1. The summed E-state index contributed by atoms with van der Waals surface area (Å²) in [5.41, 5.74) is -0.729. The number of carbonyl (C=O) groups excluding carboxylic acids is 3. The molecule has 7 nitrogen and oxygen atoms in total. The van der Waals surface area contributed by atoms with Crippen LogP contribution in [0.25, 0.3) is 0 Å². The molecule has 0 saturated heterocycles. The minimum absolute atomic E-state index is 0.0916. The highest BCUT2D eigenvalue weighted by atomic mass is 16.6. The maximum Gasteiger partial charge on any atom is 0.420 e. The molecule has 0 N–H and O–H groups in total. The number of amides is 2. The lowest BCUT2D eigenvalue weighted by Crippen LogP contribution is -2.50. The quantitative estimate of drug-likeness (QED) is 0.296. The van der Waals surface area contributed by atoms with Crippen molar-refractivity contribution in [2.45, 2.75) is 78.6 Å². The summed E-state index contributed by atoms with van der Waals surface area (Å²) >= 11 is 0. The van der Waals surface area contributed by atoms with E-state index in [1.54, 1.807) is 48.5 Å². The fourth-order valence-corrected chi connectivity index (χ4v) is 2.95. The summed E-state index contributed by atoms with van der Waals surface area (Å²) in [5, 5.41) is 0. The van der Waals surface area contributed by atoms with E-state index in [0.29, 0.717) is 6.42 Å². The van der Waals surface area contributed by atoms with Gasteiger partial charge < -0.3 is 14.2 Å². The molecule has 2 atom stereocenters. The van der Waals surface area contributed by atoms with Crippen LogP contribution < -0.4 is 0 Å². The molecule has 1 rings (SSSR count). The normalized spacial score (nSPS) is 13.5. The van der Waals surface area contributed by atoms with Crippen LogP contribution >= 0.6 is 0 Å². The molecule has 1 aromatic carbocycles. The third kappa shape index (κ3) is 9.98. The molecule has 0 aromatic heterocycles. The van der Waals surface area contributed by atoms with E-state index in [2.05, 4.69) is 6.58 Å². The van der Waals surface area contributed by atoms with Gasteiger partial charge in [0.1, 0.15) is 17.8 Å². The molecule has 0 fully saturated rings. The van der Waals surface area contributed by atoms with Gasteiger partial charge in [0.2, 0.25) is 0 Å². The van der Waals surface area contributed by atoms with Crippen molar-refractivity contribution in [2.24, 2.45) is 5.92 Å². The van der Waals surface area contributed by atoms with Crippen LogP contribution in [-0.2, 0) is 25.4 Å². The fourth-order valence-electron chi connectivity index (χ4n) is 2.95. The summed E-state index contributed by atoms with van der Waals surface area (Å²) in [6, 6.07) is 8.74. The first-order chi connectivity index (χ1) is 14.7. The van der Waals surface area contributed by atoms with Gasteiger partial charge in [0.15, 0.2) is 0 Å². The lowest BCUT2D eigenvalue weighted by atomic mass is 9.95. The summed E-state index contributed by atoms with van der Waals surface area (Å²) in [7, 11) is 0. The molecule has 0 aliphatic carbocycles. The van der Waals surface area contributed by atoms with E-state index in [0.717, 1.165) is 10.5 Å². The lowest BCUT2D eigenvalue weighted by molar-refractivity contribution is -0.147. The monoisotopic (exact) mass is 447 g/mol. The second-order valence-electron chi connectivity index (χ2n) is 9.73. The van der Waals surface area contributed by atoms with Crippen molar-refractivity contribution in [3.05, 3.63) is 48.6 Å². The summed E-state index contributed by atoms with van der Waals surface area (Å²) in [6.07, 6.45) is 0.361. The molecule has 0 saturated carbocycles. The molecular formula is C25H37NO6. The minimum Gasteiger partial charge on any atom is -0.461 e. The van der Waals surface area contributed by atoms with Crippen LogP contribution in [-0.4, -0.2) is 46.9 Å². The standard InChI is InChI=1S/C25H37NO6/c1-9-15-30-21(27)18(2)16-20(17-19-13-11-10-12-14-19)26(22(28)31-24(3,4)5)23(29)32-25(6,7)8/h9-14,18,20H,1,15-17H2,2-8H3/t18?,20-/m1/s1. The van der Waals surface area contributed by atoms with Gasteiger partial charge in [-0.15, -0.1) is 0 Å². The second-order valence-corrected chi connectivity index (χ2v) is 9.73. The average molecular weight is 448 g/mol. The largest absolute Gasteiger partial charge is 0.461 e. The molecule has 1 aromatic rings. The van der Waals surface area contributed by atoms with E-state index in [4.69, 9.17) is 14.2 Å². The maximum absolute atomic E-state index is 13.1. The number of benzene rings is 1. The number of rotatable bonds is 8. The molecule has 0 heterocycles. The van der Waals surface area contributed by atoms with Gasteiger partial charge in [-0.05, 0) is 59.9 Å². The van der Waals surface area contributed by atoms with E-state index in [9.17, 15) is 14.4 Å². The molecule has 178 valence electrons. The van der Waals surface area contributed by atoms with Crippen LogP contribution in [0.1, 0.15) is 60.5 Å². The van der Waals surface area contributed by atoms with Gasteiger partial charge in [-0.1, -0.05) is 49.9 Å². The zero-order valence-corrected chi connectivity index (χ0v) is 20.3. The van der Waals surface area contributed by atoms with E-state index in [1.165, 1.54) is 6.08 Å². The van der Waals surface area contributed by atoms with Gasteiger partial charge in [-0.25, -0.2) is 14.5 Å². The smallest absolute Gasteiger partial charge is 0.420 e. The summed E-state index contributed by atoms with van der Waals surface area (Å²) < 4.78 is 16.2. The fraction of sp³-hybridized carbons (Fsp3) is 0.560. The van der Waals surface area contributed by atoms with Crippen molar-refractivity contribution < 1.29 is 28.6 Å². The Morgan fingerprint density at radius 2 is 1.47 bits per heavy atom. The van der Waals surface area contributed by atoms with E-state index in [1.807, 2.05) is 30.3 Å². The minimum atomic E-state index is -0.820. The predicted molar refractivity (Wildman–Crippen MR) is 123 cm³/mol. The third-order valence-corrected chi connectivity index (χ3v) is 4.23. The Morgan fingerprint density at radius 3 is 1.91 bits per heavy atom. The van der Waals surface area contributed by atoms with Crippen molar-refractivity contribution in [3.63, 3.8) is 0 Å². The van der Waals surface area contributed by atoms with Crippen LogP contribution in [0.2, 0.25) is 0 Å². The SMILES string of the molecule is C=CCOC(=O)C(C)C[C@H](Cc1ccccc1)N(C(=O)OC(C)(C)C)C(=O)OC(C)(C)C. The van der Waals surface area contributed by atoms with Crippen LogP contribution in [0.4, 0.5) is 9.59 Å². The molecule has 1 unspecified atom stereocenters. The molecule has 0 spiro atoms. The number of ether oxygens (including phenoxy) is 3. The van der Waals surface area contributed by atoms with Crippen LogP contribution in [0, 0.1) is 5.92 Å². The van der Waals surface area contributed by atoms with Crippen molar-refractivity contribution in [1.82, 2.24) is 4.90 Å². The lowest BCUT2D eigenvalue weighted by Gasteiger charge is -2.34. The topological polar surface area (TPSA) is 82.1 Å². The first kappa shape index (κ1) is 27.2. The highest BCUT2D eigenvalue weighted by Gasteiger charge is 2.38. The number of esters is 1. The number of hydrogen-bond donors (Lipinski definition) is 0. The third-order valence-electron chi connectivity index (χ3n) is 4.23. The zero-order valence-electron chi connectivity index (χ0n) is 20.3. The molecule has 0 bridgehead atoms. The highest BCUT2D eigenvalue weighted by Crippen LogP contribution is 2.23. The molecule has 0 aliphatic heterocycles. The Bertz CT molecular complexity index is 748. The molecule has 7 heteroatoms. The van der Waals surface area contributed by atoms with E-state index < -0.39 is 41.3 Å². The predicted octanol–water partition coefficient (Wildman–Crippen LogP) is 5.53. The number of hydrogen-bond acceptors (Lipinski definition) is 6. The van der Waals surface area contributed by atoms with E-state index >= 15 is 0 Å². The first-order valence-electron chi connectivity index (χ1n) is 10.8. The van der Waals surface area contributed by atoms with Crippen LogP contribution in [0.3, 0.4) is 0 Å². The van der Waals surface area contributed by atoms with Gasteiger partial charge in [0, 0.05) is 0 Å². The van der Waals surface area contributed by atoms with Crippen LogP contribution in [0.5, 0.6) is 0 Å². The Hall–Kier alpha value is -2.83. The Labute approximate surface area is 191 Å². The average Bonchev–Trinajstić information content (AvgIpc) is 2.63. The Kier molecular flexibility index (Phi) is 9.94. The van der Waals surface area contributed by atoms with Gasteiger partial charge in [0.05, 0.1) is 12.0 Å². The summed E-state index contributed by atoms with van der Waals surface area (Å²) in [5.74, 6) is -1.01. The molecular weight excluding hydrogens is 410 g/mol. The second kappa shape index (κ2) is 11.7. The van der Waals surface area contributed by atoms with Gasteiger partial charge in [0.25, 0.3) is 0 Å².